The van der Waals surface area contributed by atoms with Gasteiger partial charge in [0.15, 0.2) is 0 Å². The maximum atomic E-state index is 13.7. The van der Waals surface area contributed by atoms with Crippen LogP contribution in [-0.2, 0) is 34.4 Å². The van der Waals surface area contributed by atoms with E-state index < -0.39 is 55.8 Å². The molecule has 1 aromatic carbocycles. The fourth-order valence-corrected chi connectivity index (χ4v) is 5.49. The summed E-state index contributed by atoms with van der Waals surface area (Å²) in [4.78, 5) is 35.9. The zero-order valence-corrected chi connectivity index (χ0v) is 18.1. The van der Waals surface area contributed by atoms with Crippen molar-refractivity contribution in [2.45, 2.75) is 37.8 Å². The molecule has 3 atom stereocenters. The number of nitrogens with zero attached hydrogens (tertiary/aromatic N) is 1. The van der Waals surface area contributed by atoms with Gasteiger partial charge in [0.1, 0.15) is 0 Å². The normalized spacial score (nSPS) is 28.0. The van der Waals surface area contributed by atoms with Crippen molar-refractivity contribution in [3.05, 3.63) is 68.0 Å². The number of benzene rings is 1. The first-order valence-corrected chi connectivity index (χ1v) is 11.8. The topological polar surface area (TPSA) is 130 Å². The van der Waals surface area contributed by atoms with Crippen LogP contribution in [0.4, 0.5) is 8.78 Å². The molecule has 0 unspecified atom stereocenters. The Balaban J connectivity index is 1.27. The second-order valence-electron chi connectivity index (χ2n) is 7.70. The number of H-pyrrole nitrogens is 1. The van der Waals surface area contributed by atoms with Gasteiger partial charge in [-0.25, -0.2) is 0 Å². The van der Waals surface area contributed by atoms with Crippen LogP contribution in [0.3, 0.4) is 0 Å². The predicted molar refractivity (Wildman–Crippen MR) is 107 cm³/mol. The van der Waals surface area contributed by atoms with E-state index in [2.05, 4.69) is 0 Å². The third-order valence-electron chi connectivity index (χ3n) is 5.54. The van der Waals surface area contributed by atoms with Gasteiger partial charge in [0.05, 0.1) is 0 Å². The Morgan fingerprint density at radius 1 is 1.21 bits per heavy atom. The first kappa shape index (κ1) is 22.7. The van der Waals surface area contributed by atoms with E-state index in [4.69, 9.17) is 27.8 Å². The number of halogens is 2. The number of aromatic amines is 1. The molecule has 0 amide bonds. The predicted octanol–water partition coefficient (Wildman–Crippen LogP) is 1.18. The summed E-state index contributed by atoms with van der Waals surface area (Å²) in [6.07, 6.45) is -2.17. The summed E-state index contributed by atoms with van der Waals surface area (Å²) in [5.74, 6) is -1.61. The van der Waals surface area contributed by atoms with Crippen molar-refractivity contribution in [2.75, 3.05) is 19.8 Å². The standard InChI is InChI=1S/C19H21F2N2O9P/c20-11-2-1-10(12(5-11)18-27-3-4-28-18)8-29-33(26)30-9-15-14(32-33)6-16(31-15)23-7-13(21)17(24)22-19(23)25/h1-2,5,7,14-16,18,26,33H,3-4,6,8-9H2,(H,22,24,25)/t14-,15+,16+/m0/s1. The SMILES string of the molecule is O=c1[nH]c(=O)n([C@H]2C[C@@H]3O[PH](O)(OCc4ccc(F)cc4C4OCCO4)OC[C@H]3O2)cc1F. The fraction of sp³-hybridized carbons (Fsp3) is 0.474. The average molecular weight is 490 g/mol. The van der Waals surface area contributed by atoms with E-state index in [0.717, 1.165) is 10.8 Å². The molecule has 0 spiro atoms. The second kappa shape index (κ2) is 8.93. The van der Waals surface area contributed by atoms with E-state index in [0.29, 0.717) is 24.3 Å². The van der Waals surface area contributed by atoms with Crippen molar-refractivity contribution in [2.24, 2.45) is 0 Å². The molecule has 4 heterocycles. The molecule has 3 saturated heterocycles. The number of fused-ring (bicyclic) bond motifs is 1. The summed E-state index contributed by atoms with van der Waals surface area (Å²) in [7, 11) is -4.12. The van der Waals surface area contributed by atoms with Crippen LogP contribution in [0.1, 0.15) is 30.1 Å². The zero-order chi connectivity index (χ0) is 23.2. The Hall–Kier alpha value is -2.09. The molecule has 3 aliphatic rings. The average Bonchev–Trinajstić information content (AvgIpc) is 3.45. The number of nitrogens with one attached hydrogen (secondary N) is 1. The van der Waals surface area contributed by atoms with E-state index in [1.807, 2.05) is 4.98 Å². The van der Waals surface area contributed by atoms with E-state index in [1.54, 1.807) is 0 Å². The van der Waals surface area contributed by atoms with Crippen molar-refractivity contribution in [1.29, 1.82) is 0 Å². The minimum absolute atomic E-state index is 0.0869. The Morgan fingerprint density at radius 3 is 2.79 bits per heavy atom. The first-order chi connectivity index (χ1) is 15.8. The summed E-state index contributed by atoms with van der Waals surface area (Å²) < 4.78 is 61.5. The van der Waals surface area contributed by atoms with Gasteiger partial charge in [-0.2, -0.15) is 0 Å². The second-order valence-corrected chi connectivity index (χ2v) is 9.57. The molecule has 0 aliphatic carbocycles. The molecule has 0 radical (unpaired) electrons. The molecular formula is C19H21F2N2O9P. The third-order valence-corrected chi connectivity index (χ3v) is 7.18. The molecule has 3 fully saturated rings. The molecule has 14 heteroatoms. The van der Waals surface area contributed by atoms with Gasteiger partial charge >= 0.3 is 185 Å². The fourth-order valence-electron chi connectivity index (χ4n) is 3.93. The van der Waals surface area contributed by atoms with E-state index in [1.165, 1.54) is 18.2 Å². The van der Waals surface area contributed by atoms with E-state index in [-0.39, 0.29) is 19.6 Å². The molecule has 33 heavy (non-hydrogen) atoms. The minimum atomic E-state index is -4.12. The molecule has 2 aromatic rings. The summed E-state index contributed by atoms with van der Waals surface area (Å²) in [6.45, 7) is 0.501. The van der Waals surface area contributed by atoms with Gasteiger partial charge in [-0.15, -0.1) is 0 Å². The zero-order valence-electron chi connectivity index (χ0n) is 17.1. The number of hydrogen-bond donors (Lipinski definition) is 2. The van der Waals surface area contributed by atoms with Crippen LogP contribution >= 0.6 is 8.17 Å². The van der Waals surface area contributed by atoms with Crippen molar-refractivity contribution in [3.8, 4) is 0 Å². The van der Waals surface area contributed by atoms with Crippen LogP contribution in [0, 0.1) is 11.6 Å². The van der Waals surface area contributed by atoms with Gasteiger partial charge in [-0.05, 0) is 0 Å². The van der Waals surface area contributed by atoms with Crippen molar-refractivity contribution in [1.82, 2.24) is 9.55 Å². The monoisotopic (exact) mass is 490 g/mol. The number of ether oxygens (including phenoxy) is 3. The molecule has 0 bridgehead atoms. The van der Waals surface area contributed by atoms with Crippen molar-refractivity contribution < 1.29 is 41.5 Å². The Morgan fingerprint density at radius 2 is 2.00 bits per heavy atom. The van der Waals surface area contributed by atoms with Gasteiger partial charge in [-0.3, -0.25) is 0 Å². The molecule has 180 valence electrons. The quantitative estimate of drug-likeness (QED) is 0.594. The summed E-state index contributed by atoms with van der Waals surface area (Å²) in [5, 5.41) is 0. The molecule has 11 nitrogen and oxygen atoms in total. The summed E-state index contributed by atoms with van der Waals surface area (Å²) >= 11 is 0. The van der Waals surface area contributed by atoms with Crippen molar-refractivity contribution >= 4 is 8.17 Å². The molecule has 5 rings (SSSR count). The van der Waals surface area contributed by atoms with Crippen LogP contribution in [0.5, 0.6) is 0 Å². The third kappa shape index (κ3) is 4.63. The molecule has 1 aromatic heterocycles. The molecular weight excluding hydrogens is 469 g/mol. The van der Waals surface area contributed by atoms with Crippen LogP contribution in [0.15, 0.2) is 34.0 Å². The van der Waals surface area contributed by atoms with Crippen LogP contribution < -0.4 is 11.2 Å². The Labute approximate surface area is 185 Å². The number of aromatic nitrogens is 2. The summed E-state index contributed by atoms with van der Waals surface area (Å²) in [6, 6.07) is 4.01. The van der Waals surface area contributed by atoms with Crippen LogP contribution in [0.25, 0.3) is 0 Å². The van der Waals surface area contributed by atoms with Crippen molar-refractivity contribution in [3.63, 3.8) is 0 Å². The van der Waals surface area contributed by atoms with Gasteiger partial charge < -0.3 is 0 Å². The molecule has 2 N–H and O–H groups in total. The van der Waals surface area contributed by atoms with Crippen LogP contribution in [0.2, 0.25) is 0 Å². The van der Waals surface area contributed by atoms with Gasteiger partial charge in [-0.1, -0.05) is 0 Å². The van der Waals surface area contributed by atoms with Gasteiger partial charge in [0.25, 0.3) is 0 Å². The summed E-state index contributed by atoms with van der Waals surface area (Å²) in [5.41, 5.74) is -1.01. The van der Waals surface area contributed by atoms with E-state index in [9.17, 15) is 23.3 Å². The number of rotatable bonds is 5. The Kier molecular flexibility index (Phi) is 6.14. The first-order valence-electron chi connectivity index (χ1n) is 10.2. The number of hydrogen-bond acceptors (Lipinski definition) is 9. The maximum absolute atomic E-state index is 13.7. The van der Waals surface area contributed by atoms with E-state index >= 15 is 0 Å². The molecule has 3 aliphatic heterocycles. The van der Waals surface area contributed by atoms with Gasteiger partial charge in [0.2, 0.25) is 0 Å². The molecule has 0 saturated carbocycles. The van der Waals surface area contributed by atoms with Gasteiger partial charge in [0, 0.05) is 0 Å². The Bertz CT molecular complexity index is 1150. The van der Waals surface area contributed by atoms with Crippen LogP contribution in [-0.4, -0.2) is 46.5 Å².